The van der Waals surface area contributed by atoms with Gasteiger partial charge in [0.05, 0.1) is 24.5 Å². The smallest absolute Gasteiger partial charge is 0.263 e. The molecular formula is C26H31N5O5S. The highest BCUT2D eigenvalue weighted by atomic mass is 32.1. The number of ketones is 1. The molecule has 3 N–H and O–H groups in total. The Morgan fingerprint density at radius 1 is 1.24 bits per heavy atom. The monoisotopic (exact) mass is 525 g/mol. The lowest BCUT2D eigenvalue weighted by atomic mass is 9.94. The molecule has 0 radical (unpaired) electrons. The molecule has 1 aromatic heterocycles. The highest BCUT2D eigenvalue weighted by Gasteiger charge is 2.34. The molecule has 10 nitrogen and oxygen atoms in total. The number of carbonyl (C=O) groups is 4. The van der Waals surface area contributed by atoms with Gasteiger partial charge in [0.15, 0.2) is 10.9 Å². The summed E-state index contributed by atoms with van der Waals surface area (Å²) in [7, 11) is 0. The van der Waals surface area contributed by atoms with Crippen molar-refractivity contribution in [1.82, 2.24) is 15.6 Å². The van der Waals surface area contributed by atoms with E-state index in [0.29, 0.717) is 53.9 Å². The van der Waals surface area contributed by atoms with Gasteiger partial charge in [0.2, 0.25) is 11.8 Å². The van der Waals surface area contributed by atoms with Crippen LogP contribution in [0.4, 0.5) is 16.5 Å². The predicted octanol–water partition coefficient (Wildman–Crippen LogP) is 3.11. The minimum Gasteiger partial charge on any atom is -0.490 e. The van der Waals surface area contributed by atoms with Crippen molar-refractivity contribution in [2.24, 2.45) is 0 Å². The van der Waals surface area contributed by atoms with E-state index in [1.807, 2.05) is 18.7 Å². The summed E-state index contributed by atoms with van der Waals surface area (Å²) in [5.41, 5.74) is 1.72. The first-order chi connectivity index (χ1) is 17.6. The number of hydrogen-bond acceptors (Lipinski definition) is 8. The summed E-state index contributed by atoms with van der Waals surface area (Å²) in [6.45, 7) is 6.55. The van der Waals surface area contributed by atoms with E-state index >= 15 is 0 Å². The molecule has 2 aliphatic rings. The highest BCUT2D eigenvalue weighted by Crippen LogP contribution is 2.41. The number of hydrogen-bond donors (Lipinski definition) is 3. The molecule has 37 heavy (non-hydrogen) atoms. The number of allylic oxidation sites excluding steroid dienone is 2. The van der Waals surface area contributed by atoms with Gasteiger partial charge >= 0.3 is 0 Å². The maximum absolute atomic E-state index is 12.6. The van der Waals surface area contributed by atoms with Crippen molar-refractivity contribution in [3.05, 3.63) is 40.9 Å². The number of benzene rings is 1. The molecule has 4 rings (SSSR count). The number of carbonyl (C=O) groups excluding carboxylic acids is 4. The molecule has 0 spiro atoms. The molecule has 0 unspecified atom stereocenters. The summed E-state index contributed by atoms with van der Waals surface area (Å²) in [6, 6.07) is 5.31. The van der Waals surface area contributed by atoms with Crippen molar-refractivity contribution in [3.63, 3.8) is 0 Å². The first kappa shape index (κ1) is 26.3. The second kappa shape index (κ2) is 11.1. The Labute approximate surface area is 219 Å². The second-order valence-corrected chi connectivity index (χ2v) is 10.6. The Morgan fingerprint density at radius 2 is 2.05 bits per heavy atom. The number of thiazole rings is 1. The van der Waals surface area contributed by atoms with Gasteiger partial charge in [0, 0.05) is 30.5 Å². The van der Waals surface area contributed by atoms with Crippen molar-refractivity contribution >= 4 is 51.3 Å². The quantitative estimate of drug-likeness (QED) is 0.429. The fraction of sp³-hybridized carbons (Fsp3) is 0.423. The maximum atomic E-state index is 12.6. The number of ether oxygens (including phenoxy) is 1. The average molecular weight is 526 g/mol. The zero-order valence-electron chi connectivity index (χ0n) is 21.2. The molecule has 3 heterocycles. The molecule has 196 valence electrons. The van der Waals surface area contributed by atoms with Crippen LogP contribution < -0.4 is 25.6 Å². The van der Waals surface area contributed by atoms with Gasteiger partial charge in [-0.3, -0.25) is 19.2 Å². The van der Waals surface area contributed by atoms with Gasteiger partial charge in [-0.15, -0.1) is 0 Å². The Balaban J connectivity index is 1.38. The lowest BCUT2D eigenvalue weighted by molar-refractivity contribution is -0.124. The molecule has 0 bridgehead atoms. The zero-order chi connectivity index (χ0) is 26.6. The van der Waals surface area contributed by atoms with Gasteiger partial charge in [-0.2, -0.15) is 0 Å². The number of nitrogens with one attached hydrogen (secondary N) is 3. The number of fused-ring (bicyclic) bond motifs is 2. The topological polar surface area (TPSA) is 130 Å². The Kier molecular flexibility index (Phi) is 7.91. The molecule has 0 aliphatic carbocycles. The molecule has 0 fully saturated rings. The number of rotatable bonds is 9. The summed E-state index contributed by atoms with van der Waals surface area (Å²) in [4.78, 5) is 55.9. The van der Waals surface area contributed by atoms with Crippen molar-refractivity contribution < 1.29 is 23.9 Å². The minimum atomic E-state index is -0.370. The molecule has 2 aliphatic heterocycles. The van der Waals surface area contributed by atoms with Crippen LogP contribution in [-0.4, -0.2) is 53.7 Å². The van der Waals surface area contributed by atoms with Crippen molar-refractivity contribution in [2.45, 2.75) is 52.0 Å². The van der Waals surface area contributed by atoms with Crippen LogP contribution in [-0.2, 0) is 20.8 Å². The molecule has 1 aromatic carbocycles. The van der Waals surface area contributed by atoms with E-state index in [4.69, 9.17) is 9.72 Å². The Hall–Kier alpha value is -3.73. The SMILES string of the molecule is C/C=C/C(=O)CCCC(=O)NCC(=O)Nc1ccc2c(c1)N(c1nc3c(s1)C(=O)NC(C)(C)C3)CCO2. The number of aromatic nitrogens is 1. The molecule has 0 saturated heterocycles. The lowest BCUT2D eigenvalue weighted by Crippen LogP contribution is -2.48. The Morgan fingerprint density at radius 3 is 2.84 bits per heavy atom. The average Bonchev–Trinajstić information content (AvgIpc) is 3.25. The van der Waals surface area contributed by atoms with Gasteiger partial charge in [-0.25, -0.2) is 4.98 Å². The third kappa shape index (κ3) is 6.53. The van der Waals surface area contributed by atoms with E-state index in [9.17, 15) is 19.2 Å². The third-order valence-corrected chi connectivity index (χ3v) is 7.04. The normalized spacial score (nSPS) is 15.9. The fourth-order valence-electron chi connectivity index (χ4n) is 4.24. The standard InChI is InChI=1S/C26H31N5O5S/c1-4-6-17(32)7-5-8-21(33)27-15-22(34)28-16-9-10-20-19(13-16)31(11-12-36-20)25-29-18-14-26(2,3)30-24(35)23(18)37-25/h4,6,9-10,13H,5,7-8,11-12,14-15H2,1-3H3,(H,27,33)(H,28,34)(H,30,35)/b6-4+. The van der Waals surface area contributed by atoms with E-state index in [1.54, 1.807) is 31.2 Å². The lowest BCUT2D eigenvalue weighted by Gasteiger charge is -2.29. The number of nitrogens with zero attached hydrogens (tertiary/aromatic N) is 2. The first-order valence-electron chi connectivity index (χ1n) is 12.2. The van der Waals surface area contributed by atoms with Gasteiger partial charge in [-0.1, -0.05) is 17.4 Å². The van der Waals surface area contributed by atoms with Gasteiger partial charge < -0.3 is 25.6 Å². The third-order valence-electron chi connectivity index (χ3n) is 5.92. The van der Waals surface area contributed by atoms with E-state index in [0.717, 1.165) is 11.4 Å². The van der Waals surface area contributed by atoms with Gasteiger partial charge in [-0.05, 0) is 51.5 Å². The maximum Gasteiger partial charge on any atom is 0.263 e. The van der Waals surface area contributed by atoms with Crippen molar-refractivity contribution in [3.8, 4) is 5.75 Å². The fourth-order valence-corrected chi connectivity index (χ4v) is 5.26. The molecule has 0 atom stereocenters. The van der Waals surface area contributed by atoms with Crippen LogP contribution >= 0.6 is 11.3 Å². The van der Waals surface area contributed by atoms with Crippen molar-refractivity contribution in [2.75, 3.05) is 29.9 Å². The molecule has 2 aromatic rings. The predicted molar refractivity (Wildman–Crippen MR) is 142 cm³/mol. The number of anilines is 3. The molecular weight excluding hydrogens is 494 g/mol. The van der Waals surface area contributed by atoms with Gasteiger partial charge in [0.25, 0.3) is 5.91 Å². The molecule has 3 amide bonds. The minimum absolute atomic E-state index is 0.0245. The largest absolute Gasteiger partial charge is 0.490 e. The highest BCUT2D eigenvalue weighted by molar-refractivity contribution is 7.17. The summed E-state index contributed by atoms with van der Waals surface area (Å²) in [5, 5.41) is 9.09. The molecule has 0 saturated carbocycles. The zero-order valence-corrected chi connectivity index (χ0v) is 22.0. The van der Waals surface area contributed by atoms with Crippen molar-refractivity contribution in [1.29, 1.82) is 0 Å². The molecule has 11 heteroatoms. The summed E-state index contributed by atoms with van der Waals surface area (Å²) in [5.74, 6) is -0.138. The van der Waals surface area contributed by atoms with E-state index in [2.05, 4.69) is 16.0 Å². The van der Waals surface area contributed by atoms with Crippen LogP contribution in [0.1, 0.15) is 55.4 Å². The van der Waals surface area contributed by atoms with Crippen LogP contribution in [0.15, 0.2) is 30.4 Å². The van der Waals surface area contributed by atoms with Crippen LogP contribution in [0.5, 0.6) is 5.75 Å². The van der Waals surface area contributed by atoms with E-state index < -0.39 is 0 Å². The first-order valence-corrected chi connectivity index (χ1v) is 13.1. The second-order valence-electron chi connectivity index (χ2n) is 9.61. The Bertz CT molecular complexity index is 1250. The summed E-state index contributed by atoms with van der Waals surface area (Å²) in [6.07, 6.45) is 4.70. The van der Waals surface area contributed by atoms with Crippen LogP contribution in [0, 0.1) is 0 Å². The van der Waals surface area contributed by atoms with Crippen LogP contribution in [0.3, 0.4) is 0 Å². The summed E-state index contributed by atoms with van der Waals surface area (Å²) >= 11 is 1.34. The van der Waals surface area contributed by atoms with E-state index in [1.165, 1.54) is 17.4 Å². The van der Waals surface area contributed by atoms with Gasteiger partial charge in [0.1, 0.15) is 17.2 Å². The van der Waals surface area contributed by atoms with E-state index in [-0.39, 0.29) is 42.0 Å². The van der Waals surface area contributed by atoms with Crippen LogP contribution in [0.2, 0.25) is 0 Å². The number of amides is 3. The van der Waals surface area contributed by atoms with Crippen LogP contribution in [0.25, 0.3) is 0 Å². The summed E-state index contributed by atoms with van der Waals surface area (Å²) < 4.78 is 5.80.